The molecule has 0 bridgehead atoms. The van der Waals surface area contributed by atoms with Gasteiger partial charge in [-0.3, -0.25) is 4.79 Å². The molecule has 0 N–H and O–H groups in total. The number of likely N-dealkylation sites (tertiary alicyclic amines) is 2. The first-order chi connectivity index (χ1) is 8.80. The monoisotopic (exact) mass is 288 g/mol. The summed E-state index contributed by atoms with van der Waals surface area (Å²) in [5.41, 5.74) is -0.463. The average Bonchev–Trinajstić information content (AvgIpc) is 2.82. The van der Waals surface area contributed by atoms with Crippen LogP contribution >= 0.6 is 11.6 Å². The maximum absolute atomic E-state index is 12.0. The van der Waals surface area contributed by atoms with E-state index in [0.717, 1.165) is 0 Å². The van der Waals surface area contributed by atoms with Gasteiger partial charge in [-0.15, -0.1) is 11.6 Å². The molecule has 19 heavy (non-hydrogen) atoms. The number of hydrogen-bond acceptors (Lipinski definition) is 3. The van der Waals surface area contributed by atoms with E-state index in [2.05, 4.69) is 0 Å². The highest BCUT2D eigenvalue weighted by molar-refractivity contribution is 6.27. The fraction of sp³-hybridized carbons (Fsp3) is 0.846. The minimum atomic E-state index is -0.463. The van der Waals surface area contributed by atoms with Crippen LogP contribution in [0.4, 0.5) is 4.79 Å². The molecule has 5 nitrogen and oxygen atoms in total. The zero-order valence-corrected chi connectivity index (χ0v) is 12.4. The minimum Gasteiger partial charge on any atom is -0.444 e. The second-order valence-corrected chi connectivity index (χ2v) is 6.61. The predicted molar refractivity (Wildman–Crippen MR) is 72.1 cm³/mol. The molecule has 2 amide bonds. The molecule has 6 heteroatoms. The highest BCUT2D eigenvalue weighted by atomic mass is 35.5. The average molecular weight is 289 g/mol. The van der Waals surface area contributed by atoms with Crippen molar-refractivity contribution in [1.82, 2.24) is 9.80 Å². The molecule has 2 aliphatic rings. The number of amides is 2. The highest BCUT2D eigenvalue weighted by Gasteiger charge is 2.43. The maximum Gasteiger partial charge on any atom is 0.410 e. The van der Waals surface area contributed by atoms with E-state index in [1.54, 1.807) is 9.80 Å². The van der Waals surface area contributed by atoms with E-state index in [-0.39, 0.29) is 17.9 Å². The molecule has 2 fully saturated rings. The molecule has 0 saturated carbocycles. The summed E-state index contributed by atoms with van der Waals surface area (Å²) < 4.78 is 5.37. The third-order valence-electron chi connectivity index (χ3n) is 3.60. The second-order valence-electron chi connectivity index (χ2n) is 6.34. The first-order valence-corrected chi connectivity index (χ1v) is 7.15. The molecule has 0 aromatic heterocycles. The standard InChI is InChI=1S/C13H21ClN2O3/c1-13(2,3)19-12(18)16-7-9-5-15(11(17)4-14)6-10(9)8-16/h9-10H,4-8H2,1-3H3. The summed E-state index contributed by atoms with van der Waals surface area (Å²) >= 11 is 5.56. The predicted octanol–water partition coefficient (Wildman–Crippen LogP) is 1.55. The fourth-order valence-corrected chi connectivity index (χ4v) is 2.93. The van der Waals surface area contributed by atoms with Crippen LogP contribution in [0.1, 0.15) is 20.8 Å². The first kappa shape index (κ1) is 14.4. The summed E-state index contributed by atoms with van der Waals surface area (Å²) in [4.78, 5) is 27.1. The number of nitrogens with zero attached hydrogens (tertiary/aromatic N) is 2. The Labute approximate surface area is 118 Å². The van der Waals surface area contributed by atoms with Crippen LogP contribution in [0.5, 0.6) is 0 Å². The molecule has 2 aliphatic heterocycles. The molecule has 2 rings (SSSR count). The lowest BCUT2D eigenvalue weighted by atomic mass is 10.0. The summed E-state index contributed by atoms with van der Waals surface area (Å²) in [7, 11) is 0. The number of ether oxygens (including phenoxy) is 1. The SMILES string of the molecule is CC(C)(C)OC(=O)N1CC2CN(C(=O)CCl)CC2C1. The van der Waals surface area contributed by atoms with E-state index in [0.29, 0.717) is 38.0 Å². The largest absolute Gasteiger partial charge is 0.444 e. The topological polar surface area (TPSA) is 49.9 Å². The Morgan fingerprint density at radius 1 is 1.11 bits per heavy atom. The zero-order valence-electron chi connectivity index (χ0n) is 11.7. The number of fused-ring (bicyclic) bond motifs is 1. The van der Waals surface area contributed by atoms with Crippen molar-refractivity contribution in [3.63, 3.8) is 0 Å². The van der Waals surface area contributed by atoms with Gasteiger partial charge in [0.05, 0.1) is 0 Å². The van der Waals surface area contributed by atoms with Crippen molar-refractivity contribution in [2.75, 3.05) is 32.1 Å². The molecule has 108 valence electrons. The van der Waals surface area contributed by atoms with Crippen LogP contribution in [0.15, 0.2) is 0 Å². The van der Waals surface area contributed by atoms with Gasteiger partial charge >= 0.3 is 6.09 Å². The zero-order chi connectivity index (χ0) is 14.2. The van der Waals surface area contributed by atoms with Gasteiger partial charge in [-0.25, -0.2) is 4.79 Å². The second kappa shape index (κ2) is 5.19. The smallest absolute Gasteiger partial charge is 0.410 e. The van der Waals surface area contributed by atoms with Gasteiger partial charge in [-0.05, 0) is 20.8 Å². The van der Waals surface area contributed by atoms with E-state index in [4.69, 9.17) is 16.3 Å². The number of alkyl halides is 1. The molecule has 2 atom stereocenters. The fourth-order valence-electron chi connectivity index (χ4n) is 2.76. The van der Waals surface area contributed by atoms with Crippen LogP contribution < -0.4 is 0 Å². The lowest BCUT2D eigenvalue weighted by Crippen LogP contribution is -2.38. The number of carbonyl (C=O) groups excluding carboxylic acids is 2. The van der Waals surface area contributed by atoms with E-state index < -0.39 is 5.60 Å². The van der Waals surface area contributed by atoms with Gasteiger partial charge in [-0.1, -0.05) is 0 Å². The normalized spacial score (nSPS) is 26.5. The maximum atomic E-state index is 12.0. The molecule has 2 unspecified atom stereocenters. The number of rotatable bonds is 1. The van der Waals surface area contributed by atoms with E-state index in [1.165, 1.54) is 0 Å². The van der Waals surface area contributed by atoms with Gasteiger partial charge < -0.3 is 14.5 Å². The van der Waals surface area contributed by atoms with Gasteiger partial charge in [0.25, 0.3) is 0 Å². The van der Waals surface area contributed by atoms with Crippen molar-refractivity contribution in [1.29, 1.82) is 0 Å². The quantitative estimate of drug-likeness (QED) is 0.688. The third kappa shape index (κ3) is 3.32. The lowest BCUT2D eigenvalue weighted by Gasteiger charge is -2.25. The molecular weight excluding hydrogens is 268 g/mol. The van der Waals surface area contributed by atoms with Crippen LogP contribution in [0.2, 0.25) is 0 Å². The summed E-state index contributed by atoms with van der Waals surface area (Å²) in [6.07, 6.45) is -0.253. The number of carbonyl (C=O) groups is 2. The van der Waals surface area contributed by atoms with Crippen molar-refractivity contribution >= 4 is 23.6 Å². The van der Waals surface area contributed by atoms with Crippen molar-refractivity contribution in [3.05, 3.63) is 0 Å². The Kier molecular flexibility index (Phi) is 3.95. The van der Waals surface area contributed by atoms with Gasteiger partial charge in [0, 0.05) is 38.0 Å². The Morgan fingerprint density at radius 2 is 1.58 bits per heavy atom. The summed E-state index contributed by atoms with van der Waals surface area (Å²) in [6, 6.07) is 0. The highest BCUT2D eigenvalue weighted by Crippen LogP contribution is 2.31. The Bertz CT molecular complexity index is 367. The molecule has 0 aromatic carbocycles. The number of hydrogen-bond donors (Lipinski definition) is 0. The van der Waals surface area contributed by atoms with E-state index in [1.807, 2.05) is 20.8 Å². The Morgan fingerprint density at radius 3 is 2.00 bits per heavy atom. The molecule has 0 aliphatic carbocycles. The molecule has 0 aromatic rings. The molecular formula is C13H21ClN2O3. The minimum absolute atomic E-state index is 0.0140. The summed E-state index contributed by atoms with van der Waals surface area (Å²) in [5, 5.41) is 0. The summed E-state index contributed by atoms with van der Waals surface area (Å²) in [6.45, 7) is 8.34. The van der Waals surface area contributed by atoms with Crippen LogP contribution in [0, 0.1) is 11.8 Å². The third-order valence-corrected chi connectivity index (χ3v) is 3.83. The van der Waals surface area contributed by atoms with E-state index in [9.17, 15) is 9.59 Å². The van der Waals surface area contributed by atoms with Crippen molar-refractivity contribution in [3.8, 4) is 0 Å². The van der Waals surface area contributed by atoms with Gasteiger partial charge in [0.1, 0.15) is 11.5 Å². The van der Waals surface area contributed by atoms with E-state index >= 15 is 0 Å². The van der Waals surface area contributed by atoms with Crippen LogP contribution in [-0.2, 0) is 9.53 Å². The Hall–Kier alpha value is -0.970. The van der Waals surface area contributed by atoms with Crippen molar-refractivity contribution in [2.45, 2.75) is 26.4 Å². The molecule has 0 radical (unpaired) electrons. The molecule has 2 saturated heterocycles. The van der Waals surface area contributed by atoms with Gasteiger partial charge in [0.2, 0.25) is 5.91 Å². The van der Waals surface area contributed by atoms with Crippen LogP contribution in [0.3, 0.4) is 0 Å². The van der Waals surface area contributed by atoms with Crippen LogP contribution in [0.25, 0.3) is 0 Å². The van der Waals surface area contributed by atoms with Gasteiger partial charge in [0.15, 0.2) is 0 Å². The number of halogens is 1. The first-order valence-electron chi connectivity index (χ1n) is 6.62. The Balaban J connectivity index is 1.87. The van der Waals surface area contributed by atoms with Crippen molar-refractivity contribution in [2.24, 2.45) is 11.8 Å². The van der Waals surface area contributed by atoms with Crippen LogP contribution in [-0.4, -0.2) is 59.5 Å². The lowest BCUT2D eigenvalue weighted by molar-refractivity contribution is -0.127. The molecule has 0 spiro atoms. The molecule has 2 heterocycles. The van der Waals surface area contributed by atoms with Crippen molar-refractivity contribution < 1.29 is 14.3 Å². The van der Waals surface area contributed by atoms with Gasteiger partial charge in [-0.2, -0.15) is 0 Å². The summed E-state index contributed by atoms with van der Waals surface area (Å²) in [5.74, 6) is 0.745.